The first kappa shape index (κ1) is 20.9. The first-order valence-electron chi connectivity index (χ1n) is 11.0. The van der Waals surface area contributed by atoms with Gasteiger partial charge in [-0.25, -0.2) is 0 Å². The van der Waals surface area contributed by atoms with E-state index in [0.29, 0.717) is 37.7 Å². The zero-order valence-corrected chi connectivity index (χ0v) is 19.1. The van der Waals surface area contributed by atoms with Crippen LogP contribution in [-0.2, 0) is 11.8 Å². The van der Waals surface area contributed by atoms with E-state index in [2.05, 4.69) is 5.32 Å². The molecule has 2 aromatic heterocycles. The molecule has 2 aliphatic rings. The number of carbonyl (C=O) groups is 2. The predicted molar refractivity (Wildman–Crippen MR) is 123 cm³/mol. The number of nitrogens with zero attached hydrogens (tertiary/aromatic N) is 2. The van der Waals surface area contributed by atoms with Crippen molar-refractivity contribution in [1.29, 1.82) is 0 Å². The summed E-state index contributed by atoms with van der Waals surface area (Å²) in [6.45, 7) is 4.17. The van der Waals surface area contributed by atoms with Crippen molar-refractivity contribution in [1.82, 2.24) is 14.8 Å². The van der Waals surface area contributed by atoms with Crippen LogP contribution in [0.3, 0.4) is 0 Å². The van der Waals surface area contributed by atoms with E-state index < -0.39 is 0 Å². The van der Waals surface area contributed by atoms with Crippen LogP contribution in [0.2, 0.25) is 0 Å². The van der Waals surface area contributed by atoms with Gasteiger partial charge in [0.15, 0.2) is 11.5 Å². The summed E-state index contributed by atoms with van der Waals surface area (Å²) in [5, 5.41) is 5.15. The molecular weight excluding hydrogens is 426 g/mol. The minimum atomic E-state index is -0.214. The molecule has 2 atom stereocenters. The Kier molecular flexibility index (Phi) is 5.55. The number of amides is 2. The fourth-order valence-corrected chi connectivity index (χ4v) is 5.39. The van der Waals surface area contributed by atoms with Crippen LogP contribution in [0.1, 0.15) is 41.9 Å². The third-order valence-electron chi connectivity index (χ3n) is 6.39. The van der Waals surface area contributed by atoms with Crippen molar-refractivity contribution in [3.8, 4) is 11.5 Å². The second-order valence-corrected chi connectivity index (χ2v) is 9.43. The predicted octanol–water partition coefficient (Wildman–Crippen LogP) is 3.74. The molecule has 0 radical (unpaired) electrons. The van der Waals surface area contributed by atoms with Crippen LogP contribution >= 0.6 is 11.3 Å². The van der Waals surface area contributed by atoms with Crippen LogP contribution < -0.4 is 14.8 Å². The maximum absolute atomic E-state index is 13.2. The standard InChI is InChI=1S/C24H27N3O4S/c1-15(16-5-6-20-21(12-16)31-10-9-30-20)25-23(28)17-4-3-8-27(14-17)24(29)19-13-22-18(26(19)2)7-11-32-22/h5-7,11-13,15,17H,3-4,8-10,14H2,1-2H3,(H,25,28)/t15-,17+/m0/s1. The Morgan fingerprint density at radius 3 is 2.78 bits per heavy atom. The van der Waals surface area contributed by atoms with Gasteiger partial charge in [-0.05, 0) is 55.0 Å². The molecule has 0 spiro atoms. The molecule has 2 aliphatic heterocycles. The van der Waals surface area contributed by atoms with Crippen molar-refractivity contribution in [3.63, 3.8) is 0 Å². The minimum absolute atomic E-state index is 0.00622. The molecule has 1 fully saturated rings. The molecule has 0 saturated carbocycles. The molecule has 1 N–H and O–H groups in total. The number of ether oxygens (including phenoxy) is 2. The van der Waals surface area contributed by atoms with Gasteiger partial charge < -0.3 is 24.3 Å². The van der Waals surface area contributed by atoms with Gasteiger partial charge in [0.05, 0.1) is 22.2 Å². The molecule has 5 rings (SSSR count). The van der Waals surface area contributed by atoms with Crippen LogP contribution in [0.25, 0.3) is 10.2 Å². The largest absolute Gasteiger partial charge is 0.486 e. The maximum atomic E-state index is 13.2. The molecule has 4 heterocycles. The molecule has 1 saturated heterocycles. The summed E-state index contributed by atoms with van der Waals surface area (Å²) < 4.78 is 14.3. The zero-order valence-electron chi connectivity index (χ0n) is 18.3. The number of likely N-dealkylation sites (tertiary alicyclic amines) is 1. The average Bonchev–Trinajstić information content (AvgIpc) is 3.41. The Bertz CT molecular complexity index is 1170. The summed E-state index contributed by atoms with van der Waals surface area (Å²) in [6.07, 6.45) is 1.60. The van der Waals surface area contributed by atoms with E-state index in [1.54, 1.807) is 11.3 Å². The van der Waals surface area contributed by atoms with Gasteiger partial charge >= 0.3 is 0 Å². The van der Waals surface area contributed by atoms with Crippen LogP contribution in [-0.4, -0.2) is 47.6 Å². The minimum Gasteiger partial charge on any atom is -0.486 e. The molecule has 168 valence electrons. The van der Waals surface area contributed by atoms with Crippen molar-refractivity contribution in [2.75, 3.05) is 26.3 Å². The van der Waals surface area contributed by atoms with Crippen LogP contribution in [0, 0.1) is 5.92 Å². The molecule has 7 nitrogen and oxygen atoms in total. The third-order valence-corrected chi connectivity index (χ3v) is 7.24. The average molecular weight is 454 g/mol. The number of rotatable bonds is 4. The number of thiophene rings is 1. The fourth-order valence-electron chi connectivity index (χ4n) is 4.54. The van der Waals surface area contributed by atoms with E-state index in [-0.39, 0.29) is 23.8 Å². The van der Waals surface area contributed by atoms with Gasteiger partial charge in [-0.3, -0.25) is 9.59 Å². The molecule has 3 aromatic rings. The first-order valence-corrected chi connectivity index (χ1v) is 11.9. The lowest BCUT2D eigenvalue weighted by Gasteiger charge is -2.33. The number of hydrogen-bond donors (Lipinski definition) is 1. The monoisotopic (exact) mass is 453 g/mol. The quantitative estimate of drug-likeness (QED) is 0.653. The van der Waals surface area contributed by atoms with E-state index in [0.717, 1.165) is 34.4 Å². The number of hydrogen-bond acceptors (Lipinski definition) is 5. The highest BCUT2D eigenvalue weighted by Gasteiger charge is 2.31. The molecule has 32 heavy (non-hydrogen) atoms. The number of nitrogens with one attached hydrogen (secondary N) is 1. The normalized spacial score (nSPS) is 19.1. The number of aryl methyl sites for hydroxylation is 1. The topological polar surface area (TPSA) is 72.8 Å². The maximum Gasteiger partial charge on any atom is 0.270 e. The highest BCUT2D eigenvalue weighted by Crippen LogP contribution is 2.33. The number of fused-ring (bicyclic) bond motifs is 2. The van der Waals surface area contributed by atoms with E-state index >= 15 is 0 Å². The summed E-state index contributed by atoms with van der Waals surface area (Å²) in [4.78, 5) is 28.0. The van der Waals surface area contributed by atoms with Crippen molar-refractivity contribution < 1.29 is 19.1 Å². The Morgan fingerprint density at radius 1 is 1.16 bits per heavy atom. The number of aromatic nitrogens is 1. The molecule has 2 amide bonds. The van der Waals surface area contributed by atoms with Gasteiger partial charge in [-0.1, -0.05) is 6.07 Å². The fraction of sp³-hybridized carbons (Fsp3) is 0.417. The van der Waals surface area contributed by atoms with Gasteiger partial charge in [0.2, 0.25) is 5.91 Å². The van der Waals surface area contributed by atoms with Gasteiger partial charge in [-0.2, -0.15) is 0 Å². The SMILES string of the molecule is C[C@H](NC(=O)[C@@H]1CCCN(C(=O)c2cc3sccc3n2C)C1)c1ccc2c(c1)OCCO2. The summed E-state index contributed by atoms with van der Waals surface area (Å²) >= 11 is 1.63. The van der Waals surface area contributed by atoms with Crippen LogP contribution in [0.5, 0.6) is 11.5 Å². The molecular formula is C24H27N3O4S. The van der Waals surface area contributed by atoms with Crippen molar-refractivity contribution in [2.45, 2.75) is 25.8 Å². The van der Waals surface area contributed by atoms with Crippen molar-refractivity contribution in [3.05, 3.63) is 47.0 Å². The highest BCUT2D eigenvalue weighted by molar-refractivity contribution is 7.17. The lowest BCUT2D eigenvalue weighted by atomic mass is 9.96. The zero-order chi connectivity index (χ0) is 22.2. The van der Waals surface area contributed by atoms with E-state index in [4.69, 9.17) is 9.47 Å². The number of piperidine rings is 1. The third kappa shape index (κ3) is 3.83. The van der Waals surface area contributed by atoms with E-state index in [1.807, 2.05) is 59.2 Å². The smallest absolute Gasteiger partial charge is 0.270 e. The van der Waals surface area contributed by atoms with Crippen LogP contribution in [0.4, 0.5) is 0 Å². The molecule has 0 aliphatic carbocycles. The number of benzene rings is 1. The Hall–Kier alpha value is -3.00. The van der Waals surface area contributed by atoms with Gasteiger partial charge in [-0.15, -0.1) is 11.3 Å². The summed E-state index contributed by atoms with van der Waals surface area (Å²) in [5.41, 5.74) is 2.71. The molecule has 8 heteroatoms. The lowest BCUT2D eigenvalue weighted by Crippen LogP contribution is -2.46. The molecule has 1 aromatic carbocycles. The van der Waals surface area contributed by atoms with Gasteiger partial charge in [0, 0.05) is 20.1 Å². The van der Waals surface area contributed by atoms with Crippen molar-refractivity contribution in [2.24, 2.45) is 13.0 Å². The Balaban J connectivity index is 1.25. The van der Waals surface area contributed by atoms with Crippen molar-refractivity contribution >= 4 is 33.4 Å². The first-order chi connectivity index (χ1) is 15.5. The highest BCUT2D eigenvalue weighted by atomic mass is 32.1. The molecule has 0 bridgehead atoms. The Labute approximate surface area is 190 Å². The number of carbonyl (C=O) groups excluding carboxylic acids is 2. The van der Waals surface area contributed by atoms with Gasteiger partial charge in [0.1, 0.15) is 18.9 Å². The van der Waals surface area contributed by atoms with E-state index in [9.17, 15) is 9.59 Å². The van der Waals surface area contributed by atoms with E-state index in [1.165, 1.54) is 0 Å². The molecule has 0 unspecified atom stereocenters. The van der Waals surface area contributed by atoms with Crippen LogP contribution in [0.15, 0.2) is 35.7 Å². The summed E-state index contributed by atoms with van der Waals surface area (Å²) in [6, 6.07) is 9.59. The second-order valence-electron chi connectivity index (χ2n) is 8.48. The lowest BCUT2D eigenvalue weighted by molar-refractivity contribution is -0.127. The summed E-state index contributed by atoms with van der Waals surface area (Å²) in [7, 11) is 1.92. The Morgan fingerprint density at radius 2 is 1.97 bits per heavy atom. The second kappa shape index (κ2) is 8.50. The van der Waals surface area contributed by atoms with Gasteiger partial charge in [0.25, 0.3) is 5.91 Å². The summed E-state index contributed by atoms with van der Waals surface area (Å²) in [5.74, 6) is 1.21.